The number of Topliss-reactive ketones (excluding diaryl/α,β-unsaturated/α-hetero) is 1. The lowest BCUT2D eigenvalue weighted by Gasteiger charge is -2.45. The predicted molar refractivity (Wildman–Crippen MR) is 101 cm³/mol. The van der Waals surface area contributed by atoms with Crippen molar-refractivity contribution in [3.05, 3.63) is 34.9 Å². The number of rotatable bonds is 4. The monoisotopic (exact) mass is 378 g/mol. The van der Waals surface area contributed by atoms with Crippen molar-refractivity contribution in [1.82, 2.24) is 9.80 Å². The maximum absolute atomic E-state index is 13.1. The fraction of sp³-hybridized carbons (Fsp3) is 0.600. The number of carbonyl (C=O) groups excluding carboxylic acids is 2. The first-order valence-corrected chi connectivity index (χ1v) is 9.71. The zero-order valence-electron chi connectivity index (χ0n) is 15.5. The third-order valence-electron chi connectivity index (χ3n) is 5.76. The van der Waals surface area contributed by atoms with Crippen LogP contribution in [0.25, 0.3) is 0 Å². The molecule has 1 aromatic carbocycles. The van der Waals surface area contributed by atoms with Gasteiger partial charge in [-0.15, -0.1) is 0 Å². The van der Waals surface area contributed by atoms with Gasteiger partial charge in [-0.25, -0.2) is 0 Å². The highest BCUT2D eigenvalue weighted by molar-refractivity contribution is 6.31. The van der Waals surface area contributed by atoms with E-state index in [1.165, 1.54) is 0 Å². The van der Waals surface area contributed by atoms with Crippen LogP contribution in [0, 0.1) is 0 Å². The van der Waals surface area contributed by atoms with Gasteiger partial charge in [0, 0.05) is 36.6 Å². The Morgan fingerprint density at radius 1 is 1.38 bits per heavy atom. The van der Waals surface area contributed by atoms with Gasteiger partial charge in [0.2, 0.25) is 5.91 Å². The fourth-order valence-electron chi connectivity index (χ4n) is 4.12. The molecule has 1 aliphatic carbocycles. The van der Waals surface area contributed by atoms with Crippen LogP contribution in [-0.2, 0) is 19.9 Å². The highest BCUT2D eigenvalue weighted by Crippen LogP contribution is 2.42. The fourth-order valence-corrected chi connectivity index (χ4v) is 4.41. The lowest BCUT2D eigenvalue weighted by molar-refractivity contribution is -0.150. The van der Waals surface area contributed by atoms with Crippen LogP contribution in [0.15, 0.2) is 24.3 Å². The highest BCUT2D eigenvalue weighted by atomic mass is 35.5. The van der Waals surface area contributed by atoms with E-state index in [0.717, 1.165) is 24.9 Å². The number of nitrogens with zero attached hydrogens (tertiary/aromatic N) is 2. The van der Waals surface area contributed by atoms with Gasteiger partial charge in [-0.2, -0.15) is 0 Å². The van der Waals surface area contributed by atoms with E-state index in [2.05, 4.69) is 11.8 Å². The summed E-state index contributed by atoms with van der Waals surface area (Å²) in [6, 6.07) is 7.60. The van der Waals surface area contributed by atoms with Crippen LogP contribution in [-0.4, -0.2) is 60.9 Å². The molecule has 6 heteroatoms. The number of ether oxygens (including phenoxy) is 1. The minimum Gasteiger partial charge on any atom is -0.379 e. The Morgan fingerprint density at radius 2 is 2.15 bits per heavy atom. The summed E-state index contributed by atoms with van der Waals surface area (Å²) in [6.45, 7) is 4.35. The van der Waals surface area contributed by atoms with E-state index in [1.54, 1.807) is 18.0 Å². The van der Waals surface area contributed by atoms with E-state index in [9.17, 15) is 9.59 Å². The highest BCUT2D eigenvalue weighted by Gasteiger charge is 2.48. The Balaban J connectivity index is 1.90. The number of ketones is 1. The molecular weight excluding hydrogens is 352 g/mol. The average molecular weight is 379 g/mol. The molecule has 1 aliphatic heterocycles. The maximum atomic E-state index is 13.1. The Labute approximate surface area is 160 Å². The largest absolute Gasteiger partial charge is 0.379 e. The SMILES string of the molecule is CC1COCCN1CC(=O)N(C)C1(c2ccccc2Cl)CCCCC1=O. The zero-order chi connectivity index (χ0) is 18.7. The molecule has 1 saturated carbocycles. The molecule has 0 aromatic heterocycles. The molecule has 1 aromatic rings. The topological polar surface area (TPSA) is 49.9 Å². The Kier molecular flexibility index (Phi) is 6.00. The van der Waals surface area contributed by atoms with Gasteiger partial charge in [0.05, 0.1) is 19.8 Å². The minimum atomic E-state index is -0.955. The molecule has 142 valence electrons. The van der Waals surface area contributed by atoms with E-state index in [0.29, 0.717) is 37.6 Å². The van der Waals surface area contributed by atoms with Crippen molar-refractivity contribution in [1.29, 1.82) is 0 Å². The van der Waals surface area contributed by atoms with Crippen molar-refractivity contribution in [3.8, 4) is 0 Å². The molecule has 2 fully saturated rings. The van der Waals surface area contributed by atoms with Crippen molar-refractivity contribution < 1.29 is 14.3 Å². The number of amides is 1. The summed E-state index contributed by atoms with van der Waals surface area (Å²) in [4.78, 5) is 30.0. The van der Waals surface area contributed by atoms with Crippen LogP contribution in [0.1, 0.15) is 38.2 Å². The summed E-state index contributed by atoms with van der Waals surface area (Å²) in [5, 5.41) is 0.544. The number of halogens is 1. The Hall–Kier alpha value is -1.43. The van der Waals surface area contributed by atoms with E-state index in [-0.39, 0.29) is 17.7 Å². The number of carbonyl (C=O) groups is 2. The van der Waals surface area contributed by atoms with Crippen molar-refractivity contribution in [2.45, 2.75) is 44.2 Å². The first-order valence-electron chi connectivity index (χ1n) is 9.33. The predicted octanol–water partition coefficient (Wildman–Crippen LogP) is 2.86. The van der Waals surface area contributed by atoms with E-state index in [4.69, 9.17) is 16.3 Å². The van der Waals surface area contributed by atoms with Crippen LogP contribution < -0.4 is 0 Å². The molecule has 1 amide bonds. The van der Waals surface area contributed by atoms with Gasteiger partial charge in [-0.3, -0.25) is 14.5 Å². The molecule has 0 spiro atoms. The second-order valence-corrected chi connectivity index (χ2v) is 7.72. The van der Waals surface area contributed by atoms with Crippen molar-refractivity contribution in [2.24, 2.45) is 0 Å². The number of benzene rings is 1. The van der Waals surface area contributed by atoms with E-state index in [1.807, 2.05) is 18.2 Å². The van der Waals surface area contributed by atoms with E-state index >= 15 is 0 Å². The molecular formula is C20H27ClN2O3. The lowest BCUT2D eigenvalue weighted by Crippen LogP contribution is -2.57. The number of hydrogen-bond acceptors (Lipinski definition) is 4. The molecule has 5 nitrogen and oxygen atoms in total. The summed E-state index contributed by atoms with van der Waals surface area (Å²) in [5.41, 5.74) is -0.208. The molecule has 1 heterocycles. The molecule has 2 atom stereocenters. The summed E-state index contributed by atoms with van der Waals surface area (Å²) < 4.78 is 5.45. The molecule has 26 heavy (non-hydrogen) atoms. The second kappa shape index (κ2) is 8.07. The van der Waals surface area contributed by atoms with Gasteiger partial charge in [0.25, 0.3) is 0 Å². The first-order chi connectivity index (χ1) is 12.5. The second-order valence-electron chi connectivity index (χ2n) is 7.32. The molecule has 2 aliphatic rings. The molecule has 1 saturated heterocycles. The smallest absolute Gasteiger partial charge is 0.237 e. The van der Waals surface area contributed by atoms with Gasteiger partial charge in [-0.05, 0) is 32.3 Å². The molecule has 0 bridgehead atoms. The Morgan fingerprint density at radius 3 is 2.85 bits per heavy atom. The third kappa shape index (κ3) is 3.53. The van der Waals surface area contributed by atoms with Gasteiger partial charge in [0.1, 0.15) is 5.54 Å². The number of hydrogen-bond donors (Lipinski definition) is 0. The van der Waals surface area contributed by atoms with Crippen LogP contribution in [0.3, 0.4) is 0 Å². The Bertz CT molecular complexity index is 681. The van der Waals surface area contributed by atoms with Crippen molar-refractivity contribution in [2.75, 3.05) is 33.4 Å². The van der Waals surface area contributed by atoms with Crippen LogP contribution in [0.2, 0.25) is 5.02 Å². The normalized spacial score (nSPS) is 27.3. The van der Waals surface area contributed by atoms with Gasteiger partial charge in [-0.1, -0.05) is 29.8 Å². The van der Waals surface area contributed by atoms with E-state index < -0.39 is 5.54 Å². The molecule has 0 N–H and O–H groups in total. The zero-order valence-corrected chi connectivity index (χ0v) is 16.3. The summed E-state index contributed by atoms with van der Waals surface area (Å²) >= 11 is 6.46. The summed E-state index contributed by atoms with van der Waals surface area (Å²) in [6.07, 6.45) is 2.88. The van der Waals surface area contributed by atoms with Crippen molar-refractivity contribution in [3.63, 3.8) is 0 Å². The van der Waals surface area contributed by atoms with Gasteiger partial charge < -0.3 is 9.64 Å². The van der Waals surface area contributed by atoms with Crippen LogP contribution in [0.4, 0.5) is 0 Å². The van der Waals surface area contributed by atoms with Crippen LogP contribution >= 0.6 is 11.6 Å². The third-order valence-corrected chi connectivity index (χ3v) is 6.09. The molecule has 3 rings (SSSR count). The molecule has 0 radical (unpaired) electrons. The average Bonchev–Trinajstić information content (AvgIpc) is 2.64. The minimum absolute atomic E-state index is 0.0473. The molecule has 2 unspecified atom stereocenters. The standard InChI is InChI=1S/C20H27ClN2O3/c1-15-14-26-12-11-23(15)13-19(25)22(2)20(10-6-5-9-18(20)24)16-7-3-4-8-17(16)21/h3-4,7-8,15H,5-6,9-14H2,1-2H3. The quantitative estimate of drug-likeness (QED) is 0.808. The number of morpholine rings is 1. The summed E-state index contributed by atoms with van der Waals surface area (Å²) in [7, 11) is 1.75. The van der Waals surface area contributed by atoms with Gasteiger partial charge >= 0.3 is 0 Å². The van der Waals surface area contributed by atoms with Crippen LogP contribution in [0.5, 0.6) is 0 Å². The maximum Gasteiger partial charge on any atom is 0.237 e. The lowest BCUT2D eigenvalue weighted by atomic mass is 9.74. The number of likely N-dealkylation sites (N-methyl/N-ethyl adjacent to an activating group) is 1. The first kappa shape index (κ1) is 19.3. The van der Waals surface area contributed by atoms with Crippen molar-refractivity contribution >= 4 is 23.3 Å². The summed E-state index contributed by atoms with van der Waals surface area (Å²) in [5.74, 6) is 0.0386. The van der Waals surface area contributed by atoms with Gasteiger partial charge in [0.15, 0.2) is 5.78 Å².